The van der Waals surface area contributed by atoms with E-state index >= 15 is 0 Å². The molecule has 2 fully saturated rings. The predicted octanol–water partition coefficient (Wildman–Crippen LogP) is 2.31. The Kier molecular flexibility index (Phi) is 5.77. The van der Waals surface area contributed by atoms with E-state index in [1.807, 2.05) is 31.2 Å². The quantitative estimate of drug-likeness (QED) is 0.788. The maximum absolute atomic E-state index is 12.1. The normalized spacial score (nSPS) is 25.2. The molecule has 26 heavy (non-hydrogen) atoms. The average Bonchev–Trinajstić information content (AvgIpc) is 3.39. The van der Waals surface area contributed by atoms with Crippen molar-refractivity contribution < 1.29 is 14.7 Å². The minimum absolute atomic E-state index is 0.0322. The third-order valence-corrected chi connectivity index (χ3v) is 5.45. The smallest absolute Gasteiger partial charge is 0.220 e. The van der Waals surface area contributed by atoms with Gasteiger partial charge in [-0.3, -0.25) is 9.59 Å². The number of nitrogens with one attached hydrogen (secondary N) is 1. The van der Waals surface area contributed by atoms with Gasteiger partial charge in [-0.15, -0.1) is 0 Å². The summed E-state index contributed by atoms with van der Waals surface area (Å²) in [5, 5.41) is 12.8. The van der Waals surface area contributed by atoms with Crippen LogP contribution in [0.4, 0.5) is 0 Å². The second-order valence-corrected chi connectivity index (χ2v) is 7.39. The van der Waals surface area contributed by atoms with Crippen LogP contribution in [0.3, 0.4) is 0 Å². The minimum Gasteiger partial charge on any atom is -0.394 e. The minimum atomic E-state index is -0.231. The third kappa shape index (κ3) is 3.98. The summed E-state index contributed by atoms with van der Waals surface area (Å²) < 4.78 is 0. The fourth-order valence-corrected chi connectivity index (χ4v) is 3.98. The molecular weight excluding hydrogens is 328 g/mol. The van der Waals surface area contributed by atoms with Crippen LogP contribution in [0.5, 0.6) is 0 Å². The highest BCUT2D eigenvalue weighted by Gasteiger charge is 2.50. The molecule has 0 unspecified atom stereocenters. The Balaban J connectivity index is 1.72. The zero-order valence-electron chi connectivity index (χ0n) is 15.5. The number of hydrogen-bond donors (Lipinski definition) is 2. The predicted molar refractivity (Wildman–Crippen MR) is 101 cm³/mol. The van der Waals surface area contributed by atoms with E-state index in [9.17, 15) is 14.7 Å². The van der Waals surface area contributed by atoms with Crippen LogP contribution < -0.4 is 5.32 Å². The van der Waals surface area contributed by atoms with Crippen LogP contribution in [0.25, 0.3) is 6.08 Å². The first-order valence-electron chi connectivity index (χ1n) is 9.44. The van der Waals surface area contributed by atoms with Crippen LogP contribution in [0.1, 0.15) is 50.2 Å². The lowest BCUT2D eigenvalue weighted by Crippen LogP contribution is -2.68. The largest absolute Gasteiger partial charge is 0.394 e. The van der Waals surface area contributed by atoms with Gasteiger partial charge in [-0.2, -0.15) is 0 Å². The van der Waals surface area contributed by atoms with Crippen molar-refractivity contribution in [2.75, 3.05) is 13.2 Å². The lowest BCUT2D eigenvalue weighted by molar-refractivity contribution is -0.148. The molecule has 0 spiro atoms. The number of carbonyl (C=O) groups is 2. The fourth-order valence-electron chi connectivity index (χ4n) is 3.98. The Morgan fingerprint density at radius 1 is 1.23 bits per heavy atom. The van der Waals surface area contributed by atoms with Gasteiger partial charge in [-0.05, 0) is 36.8 Å². The highest BCUT2D eigenvalue weighted by atomic mass is 16.3. The number of carbonyl (C=O) groups excluding carboxylic acids is 2. The molecule has 2 N–H and O–H groups in total. The molecule has 0 radical (unpaired) electrons. The van der Waals surface area contributed by atoms with Crippen LogP contribution in [0.15, 0.2) is 30.3 Å². The van der Waals surface area contributed by atoms with E-state index in [4.69, 9.17) is 0 Å². The van der Waals surface area contributed by atoms with E-state index in [1.54, 1.807) is 4.90 Å². The first kappa shape index (κ1) is 18.6. The van der Waals surface area contributed by atoms with E-state index in [-0.39, 0.29) is 36.4 Å². The lowest BCUT2D eigenvalue weighted by Gasteiger charge is -2.54. The fraction of sp³-hybridized carbons (Fsp3) is 0.524. The van der Waals surface area contributed by atoms with E-state index in [1.165, 1.54) is 6.92 Å². The van der Waals surface area contributed by atoms with Crippen molar-refractivity contribution in [1.82, 2.24) is 10.2 Å². The summed E-state index contributed by atoms with van der Waals surface area (Å²) in [6, 6.07) is 7.86. The zero-order valence-corrected chi connectivity index (χ0v) is 15.5. The van der Waals surface area contributed by atoms with Crippen molar-refractivity contribution in [3.8, 4) is 0 Å². The number of aliphatic hydroxyl groups excluding tert-OH is 1. The number of allylic oxidation sites excluding steroid dienone is 1. The van der Waals surface area contributed by atoms with Gasteiger partial charge < -0.3 is 15.3 Å². The van der Waals surface area contributed by atoms with Gasteiger partial charge in [0.1, 0.15) is 0 Å². The second kappa shape index (κ2) is 8.04. The maximum atomic E-state index is 12.1. The second-order valence-electron chi connectivity index (χ2n) is 7.39. The molecule has 1 saturated heterocycles. The van der Waals surface area contributed by atoms with Gasteiger partial charge in [0, 0.05) is 25.8 Å². The Labute approximate surface area is 155 Å². The number of nitrogens with zero attached hydrogens (tertiary/aromatic N) is 1. The molecule has 0 bridgehead atoms. The molecule has 5 nitrogen and oxygen atoms in total. The van der Waals surface area contributed by atoms with Gasteiger partial charge in [0.15, 0.2) is 0 Å². The summed E-state index contributed by atoms with van der Waals surface area (Å²) in [7, 11) is 0. The van der Waals surface area contributed by atoms with Crippen LogP contribution in [0.2, 0.25) is 0 Å². The van der Waals surface area contributed by atoms with Gasteiger partial charge in [0.2, 0.25) is 11.8 Å². The summed E-state index contributed by atoms with van der Waals surface area (Å²) in [5.41, 5.74) is 2.21. The van der Waals surface area contributed by atoms with Crippen LogP contribution in [-0.2, 0) is 9.59 Å². The monoisotopic (exact) mass is 356 g/mol. The van der Waals surface area contributed by atoms with Crippen molar-refractivity contribution in [1.29, 1.82) is 0 Å². The molecule has 1 heterocycles. The van der Waals surface area contributed by atoms with E-state index in [0.29, 0.717) is 18.9 Å². The summed E-state index contributed by atoms with van der Waals surface area (Å²) in [6.45, 7) is 3.86. The first-order valence-corrected chi connectivity index (χ1v) is 9.44. The maximum Gasteiger partial charge on any atom is 0.220 e. The van der Waals surface area contributed by atoms with Gasteiger partial charge in [-0.1, -0.05) is 36.4 Å². The standard InChI is InChI=1S/C21H28N2O3/c1-3-4-15-7-9-17(10-8-15)21-18(23(14(2)25)19(21)13-24)12-22-20(26)11-16-5-6-16/h3-4,7-10,16,18-19,21,24H,5-6,11-13H2,1-2H3,(H,22,26)/b4-3+/t18-,19-,21+/m0/s1. The molecule has 2 aliphatic rings. The number of amides is 2. The van der Waals surface area contributed by atoms with Gasteiger partial charge >= 0.3 is 0 Å². The van der Waals surface area contributed by atoms with Crippen molar-refractivity contribution in [2.24, 2.45) is 5.92 Å². The van der Waals surface area contributed by atoms with Crippen molar-refractivity contribution in [2.45, 2.75) is 51.1 Å². The molecule has 0 aromatic heterocycles. The van der Waals surface area contributed by atoms with Crippen molar-refractivity contribution in [3.63, 3.8) is 0 Å². The number of aliphatic hydroxyl groups is 1. The lowest BCUT2D eigenvalue weighted by atomic mass is 9.75. The van der Waals surface area contributed by atoms with E-state index < -0.39 is 0 Å². The van der Waals surface area contributed by atoms with Gasteiger partial charge in [-0.25, -0.2) is 0 Å². The summed E-state index contributed by atoms with van der Waals surface area (Å²) in [5.74, 6) is 0.572. The molecule has 140 valence electrons. The molecule has 1 aliphatic carbocycles. The molecule has 1 aromatic carbocycles. The molecule has 1 saturated carbocycles. The van der Waals surface area contributed by atoms with Crippen molar-refractivity contribution >= 4 is 17.9 Å². The molecular formula is C21H28N2O3. The molecule has 1 aromatic rings. The van der Waals surface area contributed by atoms with Gasteiger partial charge in [0.25, 0.3) is 0 Å². The van der Waals surface area contributed by atoms with Crippen LogP contribution in [-0.4, -0.2) is 47.1 Å². The van der Waals surface area contributed by atoms with E-state index in [2.05, 4.69) is 17.4 Å². The topological polar surface area (TPSA) is 69.6 Å². The van der Waals surface area contributed by atoms with E-state index in [0.717, 1.165) is 24.0 Å². The summed E-state index contributed by atoms with van der Waals surface area (Å²) in [4.78, 5) is 25.8. The number of hydrogen-bond acceptors (Lipinski definition) is 3. The summed E-state index contributed by atoms with van der Waals surface area (Å²) in [6.07, 6.45) is 6.89. The van der Waals surface area contributed by atoms with Crippen molar-refractivity contribution in [3.05, 3.63) is 41.5 Å². The number of likely N-dealkylation sites (tertiary alicyclic amines) is 1. The SMILES string of the molecule is C/C=C/c1ccc([C@H]2[C@H](CO)N(C(C)=O)[C@H]2CNC(=O)CC2CC2)cc1. The van der Waals surface area contributed by atoms with Crippen LogP contribution in [0, 0.1) is 5.92 Å². The zero-order chi connectivity index (χ0) is 18.7. The number of benzene rings is 1. The molecule has 1 aliphatic heterocycles. The van der Waals surface area contributed by atoms with Crippen LogP contribution >= 0.6 is 0 Å². The highest BCUT2D eigenvalue weighted by molar-refractivity contribution is 5.78. The Hall–Kier alpha value is -2.14. The average molecular weight is 356 g/mol. The number of rotatable bonds is 7. The highest BCUT2D eigenvalue weighted by Crippen LogP contribution is 2.40. The van der Waals surface area contributed by atoms with Gasteiger partial charge in [0.05, 0.1) is 18.7 Å². The molecule has 3 atom stereocenters. The molecule has 2 amide bonds. The molecule has 5 heteroatoms. The molecule has 3 rings (SSSR count). The Morgan fingerprint density at radius 2 is 1.92 bits per heavy atom. The third-order valence-electron chi connectivity index (χ3n) is 5.45. The summed E-state index contributed by atoms with van der Waals surface area (Å²) >= 11 is 0. The Morgan fingerprint density at radius 3 is 2.46 bits per heavy atom. The Bertz CT molecular complexity index is 679. The first-order chi connectivity index (χ1) is 12.5.